The zero-order valence-electron chi connectivity index (χ0n) is 10.5. The first-order valence-corrected chi connectivity index (χ1v) is 6.01. The van der Waals surface area contributed by atoms with Crippen LogP contribution in [0.15, 0.2) is 18.3 Å². The first kappa shape index (κ1) is 13.1. The van der Waals surface area contributed by atoms with Gasteiger partial charge in [0.1, 0.15) is 0 Å². The van der Waals surface area contributed by atoms with Crippen LogP contribution in [0.3, 0.4) is 0 Å². The van der Waals surface area contributed by atoms with E-state index in [0.29, 0.717) is 6.04 Å². The van der Waals surface area contributed by atoms with Crippen molar-refractivity contribution < 1.29 is 4.74 Å². The van der Waals surface area contributed by atoms with Crippen molar-refractivity contribution in [2.45, 2.75) is 39.8 Å². The Morgan fingerprint density at radius 1 is 1.44 bits per heavy atom. The minimum atomic E-state index is 0.367. The third-order valence-corrected chi connectivity index (χ3v) is 2.56. The van der Waals surface area contributed by atoms with Gasteiger partial charge in [-0.3, -0.25) is 4.98 Å². The predicted octanol–water partition coefficient (Wildman–Crippen LogP) is 2.16. The minimum absolute atomic E-state index is 0.367. The molecule has 1 aromatic heterocycles. The van der Waals surface area contributed by atoms with Crippen LogP contribution in [0.1, 0.15) is 32.0 Å². The fourth-order valence-corrected chi connectivity index (χ4v) is 1.58. The third-order valence-electron chi connectivity index (χ3n) is 2.56. The molecule has 90 valence electrons. The summed E-state index contributed by atoms with van der Waals surface area (Å²) in [6.45, 7) is 8.65. The lowest BCUT2D eigenvalue weighted by Gasteiger charge is -2.14. The van der Waals surface area contributed by atoms with E-state index in [-0.39, 0.29) is 0 Å². The molecule has 0 saturated carbocycles. The molecule has 0 radical (unpaired) electrons. The average Bonchev–Trinajstić information content (AvgIpc) is 2.34. The van der Waals surface area contributed by atoms with Crippen LogP contribution in [0.2, 0.25) is 0 Å². The van der Waals surface area contributed by atoms with Crippen LogP contribution in [-0.4, -0.2) is 24.2 Å². The number of pyridine rings is 1. The third kappa shape index (κ3) is 4.29. The first-order chi connectivity index (χ1) is 7.77. The van der Waals surface area contributed by atoms with E-state index < -0.39 is 0 Å². The van der Waals surface area contributed by atoms with Crippen LogP contribution in [0.5, 0.6) is 0 Å². The largest absolute Gasteiger partial charge is 0.380 e. The van der Waals surface area contributed by atoms with E-state index in [9.17, 15) is 0 Å². The lowest BCUT2D eigenvalue weighted by atomic mass is 10.1. The standard InChI is InChI=1S/C13H22N2O/c1-4-12-7-6-8-14-13(12)9-15-11(3)10-16-5-2/h6-8,11,15H,4-5,9-10H2,1-3H3. The van der Waals surface area contributed by atoms with Crippen molar-refractivity contribution in [3.8, 4) is 0 Å². The lowest BCUT2D eigenvalue weighted by molar-refractivity contribution is 0.127. The molecule has 0 amide bonds. The maximum atomic E-state index is 5.36. The SMILES string of the molecule is CCOCC(C)NCc1ncccc1CC. The van der Waals surface area contributed by atoms with Crippen molar-refractivity contribution in [3.05, 3.63) is 29.6 Å². The van der Waals surface area contributed by atoms with Crippen LogP contribution in [0.25, 0.3) is 0 Å². The molecule has 1 unspecified atom stereocenters. The van der Waals surface area contributed by atoms with E-state index >= 15 is 0 Å². The normalized spacial score (nSPS) is 12.7. The number of hydrogen-bond acceptors (Lipinski definition) is 3. The van der Waals surface area contributed by atoms with Gasteiger partial charge in [-0.15, -0.1) is 0 Å². The van der Waals surface area contributed by atoms with Gasteiger partial charge in [0, 0.05) is 25.4 Å². The second-order valence-corrected chi connectivity index (χ2v) is 3.90. The second kappa shape index (κ2) is 7.36. The summed E-state index contributed by atoms with van der Waals surface area (Å²) in [5, 5.41) is 3.42. The molecule has 1 aromatic rings. The van der Waals surface area contributed by atoms with Gasteiger partial charge >= 0.3 is 0 Å². The zero-order valence-corrected chi connectivity index (χ0v) is 10.5. The van der Waals surface area contributed by atoms with E-state index in [2.05, 4.69) is 30.2 Å². The summed E-state index contributed by atoms with van der Waals surface area (Å²) < 4.78 is 5.36. The van der Waals surface area contributed by atoms with Crippen LogP contribution in [-0.2, 0) is 17.7 Å². The van der Waals surface area contributed by atoms with Gasteiger partial charge in [0.25, 0.3) is 0 Å². The summed E-state index contributed by atoms with van der Waals surface area (Å²) in [4.78, 5) is 4.40. The molecule has 16 heavy (non-hydrogen) atoms. The molecule has 0 aliphatic heterocycles. The zero-order chi connectivity index (χ0) is 11.8. The van der Waals surface area contributed by atoms with Crippen molar-refractivity contribution in [1.82, 2.24) is 10.3 Å². The highest BCUT2D eigenvalue weighted by molar-refractivity contribution is 5.19. The van der Waals surface area contributed by atoms with Gasteiger partial charge in [-0.2, -0.15) is 0 Å². The van der Waals surface area contributed by atoms with Crippen molar-refractivity contribution in [2.24, 2.45) is 0 Å². The Kier molecular flexibility index (Phi) is 6.04. The average molecular weight is 222 g/mol. The van der Waals surface area contributed by atoms with Gasteiger partial charge in [0.15, 0.2) is 0 Å². The van der Waals surface area contributed by atoms with Crippen LogP contribution in [0, 0.1) is 0 Å². The number of nitrogens with zero attached hydrogens (tertiary/aromatic N) is 1. The molecule has 0 fully saturated rings. The molecule has 1 N–H and O–H groups in total. The minimum Gasteiger partial charge on any atom is -0.380 e. The van der Waals surface area contributed by atoms with E-state index in [0.717, 1.165) is 31.9 Å². The topological polar surface area (TPSA) is 34.1 Å². The molecular weight excluding hydrogens is 200 g/mol. The van der Waals surface area contributed by atoms with Gasteiger partial charge in [-0.05, 0) is 31.9 Å². The lowest BCUT2D eigenvalue weighted by Crippen LogP contribution is -2.30. The van der Waals surface area contributed by atoms with Crippen LogP contribution >= 0.6 is 0 Å². The Hall–Kier alpha value is -0.930. The molecule has 3 heteroatoms. The summed E-state index contributed by atoms with van der Waals surface area (Å²) in [5.41, 5.74) is 2.46. The number of ether oxygens (including phenoxy) is 1. The van der Waals surface area contributed by atoms with Crippen LogP contribution < -0.4 is 5.32 Å². The highest BCUT2D eigenvalue weighted by atomic mass is 16.5. The summed E-state index contributed by atoms with van der Waals surface area (Å²) in [5.74, 6) is 0. The maximum Gasteiger partial charge on any atom is 0.0616 e. The van der Waals surface area contributed by atoms with E-state index in [4.69, 9.17) is 4.74 Å². The molecule has 0 aliphatic rings. The highest BCUT2D eigenvalue weighted by Crippen LogP contribution is 2.05. The van der Waals surface area contributed by atoms with Gasteiger partial charge < -0.3 is 10.1 Å². The predicted molar refractivity (Wildman–Crippen MR) is 66.4 cm³/mol. The Balaban J connectivity index is 2.41. The van der Waals surface area contributed by atoms with Crippen molar-refractivity contribution in [3.63, 3.8) is 0 Å². The molecule has 0 saturated heterocycles. The molecule has 1 heterocycles. The summed E-state index contributed by atoms with van der Waals surface area (Å²) in [7, 11) is 0. The summed E-state index contributed by atoms with van der Waals surface area (Å²) in [6, 6.07) is 4.50. The van der Waals surface area contributed by atoms with Crippen molar-refractivity contribution in [2.75, 3.05) is 13.2 Å². The number of hydrogen-bond donors (Lipinski definition) is 1. The van der Waals surface area contributed by atoms with Crippen molar-refractivity contribution in [1.29, 1.82) is 0 Å². The number of aryl methyl sites for hydroxylation is 1. The fraction of sp³-hybridized carbons (Fsp3) is 0.615. The molecule has 0 aromatic carbocycles. The van der Waals surface area contributed by atoms with Gasteiger partial charge in [0.05, 0.1) is 12.3 Å². The van der Waals surface area contributed by atoms with Gasteiger partial charge in [-0.25, -0.2) is 0 Å². The number of nitrogens with one attached hydrogen (secondary N) is 1. The Bertz CT molecular complexity index is 302. The van der Waals surface area contributed by atoms with E-state index in [1.807, 2.05) is 19.2 Å². The Morgan fingerprint density at radius 3 is 2.94 bits per heavy atom. The Labute approximate surface area is 98.2 Å². The molecule has 0 aliphatic carbocycles. The second-order valence-electron chi connectivity index (χ2n) is 3.90. The molecule has 0 bridgehead atoms. The molecule has 1 rings (SSSR count). The fourth-order valence-electron chi connectivity index (χ4n) is 1.58. The Morgan fingerprint density at radius 2 is 2.25 bits per heavy atom. The summed E-state index contributed by atoms with van der Waals surface area (Å²) in [6.07, 6.45) is 2.88. The van der Waals surface area contributed by atoms with E-state index in [1.54, 1.807) is 0 Å². The molecule has 0 spiro atoms. The first-order valence-electron chi connectivity index (χ1n) is 6.01. The molecule has 1 atom stereocenters. The van der Waals surface area contributed by atoms with Crippen molar-refractivity contribution >= 4 is 0 Å². The van der Waals surface area contributed by atoms with Gasteiger partial charge in [0.2, 0.25) is 0 Å². The van der Waals surface area contributed by atoms with Crippen LogP contribution in [0.4, 0.5) is 0 Å². The molecule has 3 nitrogen and oxygen atoms in total. The smallest absolute Gasteiger partial charge is 0.0616 e. The number of aromatic nitrogens is 1. The quantitative estimate of drug-likeness (QED) is 0.767. The number of rotatable bonds is 7. The van der Waals surface area contributed by atoms with Gasteiger partial charge in [-0.1, -0.05) is 13.0 Å². The monoisotopic (exact) mass is 222 g/mol. The maximum absolute atomic E-state index is 5.36. The highest BCUT2D eigenvalue weighted by Gasteiger charge is 2.04. The molecular formula is C13H22N2O. The summed E-state index contributed by atoms with van der Waals surface area (Å²) >= 11 is 0. The van der Waals surface area contributed by atoms with E-state index in [1.165, 1.54) is 5.56 Å².